The van der Waals surface area contributed by atoms with Crippen LogP contribution in [0.2, 0.25) is 0 Å². The summed E-state index contributed by atoms with van der Waals surface area (Å²) in [5.74, 6) is -1.08. The minimum Gasteiger partial charge on any atom is -0.452 e. The molecule has 5 nitrogen and oxygen atoms in total. The Balaban J connectivity index is 1.78. The van der Waals surface area contributed by atoms with Crippen LogP contribution in [-0.4, -0.2) is 24.3 Å². The fourth-order valence-corrected chi connectivity index (χ4v) is 2.32. The van der Waals surface area contributed by atoms with Gasteiger partial charge in [-0.25, -0.2) is 4.79 Å². The molecule has 0 aliphatic rings. The number of nitrogens with one attached hydrogen (secondary N) is 1. The normalized spacial score (nSPS) is 10.5. The average Bonchev–Trinajstić information content (AvgIpc) is 3.05. The summed E-state index contributed by atoms with van der Waals surface area (Å²) in [7, 11) is 0. The molecule has 1 aromatic heterocycles. The Morgan fingerprint density at radius 3 is 2.52 bits per heavy atom. The summed E-state index contributed by atoms with van der Waals surface area (Å²) >= 11 is 1.50. The second-order valence-corrected chi connectivity index (χ2v) is 5.62. The molecule has 2 aromatic rings. The zero-order valence-corrected chi connectivity index (χ0v) is 13.3. The number of hydrogen-bond donors (Lipinski definition) is 1. The molecule has 0 spiro atoms. The van der Waals surface area contributed by atoms with Crippen LogP contribution in [0.4, 0.5) is 5.69 Å². The maximum atomic E-state index is 11.7. The summed E-state index contributed by atoms with van der Waals surface area (Å²) in [5, 5.41) is 4.48. The van der Waals surface area contributed by atoms with Crippen LogP contribution in [-0.2, 0) is 14.3 Å². The molecular weight excluding hydrogens is 314 g/mol. The van der Waals surface area contributed by atoms with Crippen LogP contribution in [0.1, 0.15) is 22.2 Å². The predicted molar refractivity (Wildman–Crippen MR) is 89.4 cm³/mol. The Kier molecular flexibility index (Phi) is 5.82. The number of Topliss-reactive ketones (excluding diaryl/α,β-unsaturated/α-hetero) is 1. The number of amides is 1. The number of carbonyl (C=O) groups excluding carboxylic acids is 3. The molecule has 6 heteroatoms. The number of anilines is 1. The number of ketones is 1. The summed E-state index contributed by atoms with van der Waals surface area (Å²) < 4.78 is 4.85. The van der Waals surface area contributed by atoms with E-state index in [9.17, 15) is 14.4 Å². The van der Waals surface area contributed by atoms with E-state index in [1.54, 1.807) is 30.3 Å². The van der Waals surface area contributed by atoms with E-state index in [0.29, 0.717) is 11.3 Å². The Morgan fingerprint density at radius 2 is 1.91 bits per heavy atom. The monoisotopic (exact) mass is 329 g/mol. The molecule has 0 aliphatic carbocycles. The molecule has 0 fully saturated rings. The Hall–Kier alpha value is -2.73. The van der Waals surface area contributed by atoms with Crippen molar-refractivity contribution in [3.63, 3.8) is 0 Å². The van der Waals surface area contributed by atoms with E-state index in [0.717, 1.165) is 4.88 Å². The maximum Gasteiger partial charge on any atom is 0.331 e. The van der Waals surface area contributed by atoms with Crippen molar-refractivity contribution >= 4 is 40.8 Å². The third-order valence-electron chi connectivity index (χ3n) is 2.85. The van der Waals surface area contributed by atoms with Crippen molar-refractivity contribution in [3.8, 4) is 0 Å². The van der Waals surface area contributed by atoms with Gasteiger partial charge in [0, 0.05) is 22.2 Å². The third kappa shape index (κ3) is 5.52. The van der Waals surface area contributed by atoms with Gasteiger partial charge in [-0.3, -0.25) is 9.59 Å². The number of rotatable bonds is 6. The lowest BCUT2D eigenvalue weighted by molar-refractivity contribution is -0.142. The molecular formula is C17H15NO4S. The summed E-state index contributed by atoms with van der Waals surface area (Å²) in [6.45, 7) is 1.10. The number of benzene rings is 1. The summed E-state index contributed by atoms with van der Waals surface area (Å²) in [4.78, 5) is 35.3. The first-order chi connectivity index (χ1) is 11.0. The van der Waals surface area contributed by atoms with Gasteiger partial charge in [-0.1, -0.05) is 6.07 Å². The SMILES string of the molecule is CC(=O)c1ccc(NC(=O)COC(=O)/C=C/c2cccs2)cc1. The van der Waals surface area contributed by atoms with Gasteiger partial charge in [-0.15, -0.1) is 11.3 Å². The summed E-state index contributed by atoms with van der Waals surface area (Å²) in [6, 6.07) is 10.2. The molecule has 0 unspecified atom stereocenters. The average molecular weight is 329 g/mol. The number of esters is 1. The van der Waals surface area contributed by atoms with Crippen LogP contribution in [0.25, 0.3) is 6.08 Å². The van der Waals surface area contributed by atoms with Gasteiger partial charge in [0.1, 0.15) is 0 Å². The van der Waals surface area contributed by atoms with Crippen LogP contribution in [0.5, 0.6) is 0 Å². The second-order valence-electron chi connectivity index (χ2n) is 4.64. The van der Waals surface area contributed by atoms with Crippen molar-refractivity contribution in [2.75, 3.05) is 11.9 Å². The first-order valence-corrected chi connectivity index (χ1v) is 7.72. The molecule has 0 saturated heterocycles. The minimum atomic E-state index is -0.583. The van der Waals surface area contributed by atoms with Gasteiger partial charge in [-0.2, -0.15) is 0 Å². The molecule has 0 saturated carbocycles. The van der Waals surface area contributed by atoms with Crippen molar-refractivity contribution in [1.29, 1.82) is 0 Å². The molecule has 0 radical (unpaired) electrons. The zero-order chi connectivity index (χ0) is 16.7. The standard InChI is InChI=1S/C17H15NO4S/c1-12(19)13-4-6-14(7-5-13)18-16(20)11-22-17(21)9-8-15-3-2-10-23-15/h2-10H,11H2,1H3,(H,18,20)/b9-8+. The number of carbonyl (C=O) groups is 3. The Bertz CT molecular complexity index is 718. The van der Waals surface area contributed by atoms with Crippen LogP contribution < -0.4 is 5.32 Å². The zero-order valence-electron chi connectivity index (χ0n) is 12.4. The number of ether oxygens (including phenoxy) is 1. The smallest absolute Gasteiger partial charge is 0.331 e. The van der Waals surface area contributed by atoms with E-state index in [1.165, 1.54) is 24.3 Å². The molecule has 118 valence electrons. The lowest BCUT2D eigenvalue weighted by Gasteiger charge is -2.05. The van der Waals surface area contributed by atoms with Crippen molar-refractivity contribution in [2.45, 2.75) is 6.92 Å². The van der Waals surface area contributed by atoms with Gasteiger partial charge in [0.15, 0.2) is 12.4 Å². The maximum absolute atomic E-state index is 11.7. The van der Waals surface area contributed by atoms with Gasteiger partial charge in [0.25, 0.3) is 5.91 Å². The van der Waals surface area contributed by atoms with Gasteiger partial charge in [0.2, 0.25) is 0 Å². The molecule has 0 bridgehead atoms. The highest BCUT2D eigenvalue weighted by Gasteiger charge is 2.06. The van der Waals surface area contributed by atoms with Gasteiger partial charge >= 0.3 is 5.97 Å². The van der Waals surface area contributed by atoms with Gasteiger partial charge in [-0.05, 0) is 48.7 Å². The van der Waals surface area contributed by atoms with E-state index in [2.05, 4.69) is 5.32 Å². The van der Waals surface area contributed by atoms with E-state index in [-0.39, 0.29) is 12.4 Å². The lowest BCUT2D eigenvalue weighted by atomic mass is 10.1. The Labute approximate surface area is 137 Å². The van der Waals surface area contributed by atoms with Crippen molar-refractivity contribution in [2.24, 2.45) is 0 Å². The fraction of sp³-hybridized carbons (Fsp3) is 0.118. The van der Waals surface area contributed by atoms with Crippen LogP contribution in [0.3, 0.4) is 0 Å². The molecule has 1 N–H and O–H groups in total. The molecule has 1 amide bonds. The second kappa shape index (κ2) is 8.05. The largest absolute Gasteiger partial charge is 0.452 e. The lowest BCUT2D eigenvalue weighted by Crippen LogP contribution is -2.20. The van der Waals surface area contributed by atoms with E-state index in [1.807, 2.05) is 17.5 Å². The molecule has 1 heterocycles. The van der Waals surface area contributed by atoms with Crippen molar-refractivity contribution in [3.05, 3.63) is 58.3 Å². The molecule has 0 atom stereocenters. The number of thiophene rings is 1. The van der Waals surface area contributed by atoms with Gasteiger partial charge in [0.05, 0.1) is 0 Å². The van der Waals surface area contributed by atoms with E-state index < -0.39 is 11.9 Å². The molecule has 0 aliphatic heterocycles. The number of hydrogen-bond acceptors (Lipinski definition) is 5. The topological polar surface area (TPSA) is 72.5 Å². The molecule has 1 aromatic carbocycles. The highest BCUT2D eigenvalue weighted by Crippen LogP contribution is 2.11. The minimum absolute atomic E-state index is 0.0469. The third-order valence-corrected chi connectivity index (χ3v) is 3.69. The van der Waals surface area contributed by atoms with Crippen LogP contribution in [0, 0.1) is 0 Å². The van der Waals surface area contributed by atoms with Crippen molar-refractivity contribution in [1.82, 2.24) is 0 Å². The quantitative estimate of drug-likeness (QED) is 0.502. The van der Waals surface area contributed by atoms with Crippen LogP contribution >= 0.6 is 11.3 Å². The first-order valence-electron chi connectivity index (χ1n) is 6.84. The first kappa shape index (κ1) is 16.6. The highest BCUT2D eigenvalue weighted by molar-refractivity contribution is 7.10. The van der Waals surface area contributed by atoms with E-state index in [4.69, 9.17) is 4.74 Å². The summed E-state index contributed by atoms with van der Waals surface area (Å²) in [5.41, 5.74) is 1.10. The molecule has 2 rings (SSSR count). The Morgan fingerprint density at radius 1 is 1.17 bits per heavy atom. The highest BCUT2D eigenvalue weighted by atomic mass is 32.1. The summed E-state index contributed by atoms with van der Waals surface area (Å²) in [6.07, 6.45) is 2.91. The van der Waals surface area contributed by atoms with Crippen LogP contribution in [0.15, 0.2) is 47.9 Å². The van der Waals surface area contributed by atoms with Gasteiger partial charge < -0.3 is 10.1 Å². The predicted octanol–water partition coefficient (Wildman–Crippen LogP) is 3.15. The van der Waals surface area contributed by atoms with Crippen molar-refractivity contribution < 1.29 is 19.1 Å². The molecule has 23 heavy (non-hydrogen) atoms. The van der Waals surface area contributed by atoms with E-state index >= 15 is 0 Å². The fourth-order valence-electron chi connectivity index (χ4n) is 1.71.